The van der Waals surface area contributed by atoms with Crippen molar-refractivity contribution in [3.8, 4) is 0 Å². The maximum atomic E-state index is 13.2. The lowest BCUT2D eigenvalue weighted by molar-refractivity contribution is -0.145. The van der Waals surface area contributed by atoms with Gasteiger partial charge >= 0.3 is 0 Å². The van der Waals surface area contributed by atoms with Gasteiger partial charge in [0.2, 0.25) is 11.8 Å². The fourth-order valence-corrected chi connectivity index (χ4v) is 3.97. The molecular weight excluding hydrogens is 342 g/mol. The van der Waals surface area contributed by atoms with Crippen LogP contribution in [0.15, 0.2) is 24.3 Å². The van der Waals surface area contributed by atoms with Crippen LogP contribution >= 0.6 is 0 Å². The monoisotopic (exact) mass is 373 g/mol. The molecule has 2 amide bonds. The molecule has 6 heteroatoms. The van der Waals surface area contributed by atoms with Gasteiger partial charge < -0.3 is 14.5 Å². The van der Waals surface area contributed by atoms with Gasteiger partial charge in [-0.05, 0) is 39.4 Å². The smallest absolute Gasteiger partial charge is 0.244 e. The van der Waals surface area contributed by atoms with Crippen molar-refractivity contribution in [2.24, 2.45) is 5.92 Å². The molecule has 148 valence electrons. The Kier molecular flexibility index (Phi) is 6.50. The number of hydrogen-bond donors (Lipinski definition) is 0. The van der Waals surface area contributed by atoms with Gasteiger partial charge in [0.15, 0.2) is 0 Å². The minimum Gasteiger partial charge on any atom is -0.378 e. The van der Waals surface area contributed by atoms with E-state index in [1.165, 1.54) is 5.56 Å². The van der Waals surface area contributed by atoms with Gasteiger partial charge in [-0.3, -0.25) is 14.5 Å². The molecule has 2 fully saturated rings. The van der Waals surface area contributed by atoms with E-state index in [0.29, 0.717) is 39.4 Å². The zero-order chi connectivity index (χ0) is 19.4. The van der Waals surface area contributed by atoms with Gasteiger partial charge in [-0.2, -0.15) is 0 Å². The number of benzene rings is 1. The molecule has 2 aliphatic rings. The maximum absolute atomic E-state index is 13.2. The van der Waals surface area contributed by atoms with E-state index in [9.17, 15) is 9.59 Å². The van der Waals surface area contributed by atoms with Gasteiger partial charge in [0, 0.05) is 32.1 Å². The van der Waals surface area contributed by atoms with Crippen LogP contribution in [0.1, 0.15) is 30.0 Å². The number of ether oxygens (including phenoxy) is 1. The number of piperidine rings is 1. The van der Waals surface area contributed by atoms with Gasteiger partial charge in [0.1, 0.15) is 6.04 Å². The van der Waals surface area contributed by atoms with E-state index in [2.05, 4.69) is 0 Å². The Balaban J connectivity index is 1.61. The van der Waals surface area contributed by atoms with Crippen molar-refractivity contribution in [3.63, 3.8) is 0 Å². The molecule has 0 radical (unpaired) electrons. The Morgan fingerprint density at radius 1 is 1.00 bits per heavy atom. The number of rotatable bonds is 4. The first-order valence-corrected chi connectivity index (χ1v) is 9.85. The number of nitrogens with zero attached hydrogens (tertiary/aromatic N) is 3. The highest BCUT2D eigenvalue weighted by Gasteiger charge is 2.34. The van der Waals surface area contributed by atoms with Crippen molar-refractivity contribution in [1.29, 1.82) is 0 Å². The van der Waals surface area contributed by atoms with Crippen molar-refractivity contribution in [2.75, 3.05) is 53.5 Å². The van der Waals surface area contributed by atoms with E-state index in [4.69, 9.17) is 4.74 Å². The van der Waals surface area contributed by atoms with Crippen molar-refractivity contribution < 1.29 is 14.3 Å². The van der Waals surface area contributed by atoms with Crippen LogP contribution in [0.5, 0.6) is 0 Å². The minimum absolute atomic E-state index is 0.0318. The number of likely N-dealkylation sites (tertiary alicyclic amines) is 1. The van der Waals surface area contributed by atoms with Crippen LogP contribution in [0.3, 0.4) is 0 Å². The summed E-state index contributed by atoms with van der Waals surface area (Å²) in [6, 6.07) is 7.88. The molecule has 27 heavy (non-hydrogen) atoms. The molecule has 0 aliphatic carbocycles. The van der Waals surface area contributed by atoms with E-state index >= 15 is 0 Å². The van der Waals surface area contributed by atoms with E-state index < -0.39 is 0 Å². The third-order valence-corrected chi connectivity index (χ3v) is 5.62. The molecule has 1 aromatic carbocycles. The Labute approximate surface area is 162 Å². The number of aryl methyl sites for hydroxylation is 1. The SMILES string of the molecule is Cc1ccc([C@H](C(=O)N2CCC(C(=O)N3CCOCC3)CC2)N(C)C)cc1. The van der Waals surface area contributed by atoms with Gasteiger partial charge in [0.05, 0.1) is 13.2 Å². The van der Waals surface area contributed by atoms with Crippen molar-refractivity contribution in [2.45, 2.75) is 25.8 Å². The third kappa shape index (κ3) is 4.68. The summed E-state index contributed by atoms with van der Waals surface area (Å²) < 4.78 is 5.33. The third-order valence-electron chi connectivity index (χ3n) is 5.62. The number of hydrogen-bond acceptors (Lipinski definition) is 4. The molecular formula is C21H31N3O3. The fraction of sp³-hybridized carbons (Fsp3) is 0.619. The quantitative estimate of drug-likeness (QED) is 0.806. The largest absolute Gasteiger partial charge is 0.378 e. The summed E-state index contributed by atoms with van der Waals surface area (Å²) in [5.41, 5.74) is 2.20. The molecule has 0 spiro atoms. The van der Waals surface area contributed by atoms with Crippen LogP contribution in [0.25, 0.3) is 0 Å². The van der Waals surface area contributed by atoms with E-state index in [1.54, 1.807) is 0 Å². The molecule has 2 heterocycles. The van der Waals surface area contributed by atoms with Crippen LogP contribution in [0.4, 0.5) is 0 Å². The maximum Gasteiger partial charge on any atom is 0.244 e. The average molecular weight is 373 g/mol. The lowest BCUT2D eigenvalue weighted by atomic mass is 9.94. The molecule has 0 N–H and O–H groups in total. The normalized spacial score (nSPS) is 20.0. The minimum atomic E-state index is -0.280. The standard InChI is InChI=1S/C21H31N3O3/c1-16-4-6-17(7-5-16)19(22(2)3)21(26)23-10-8-18(9-11-23)20(25)24-12-14-27-15-13-24/h4-7,18-19H,8-15H2,1-3H3/t19-/m1/s1. The predicted octanol–water partition coefficient (Wildman–Crippen LogP) is 1.70. The second-order valence-corrected chi connectivity index (χ2v) is 7.81. The highest BCUT2D eigenvalue weighted by Crippen LogP contribution is 2.26. The number of amides is 2. The molecule has 2 aliphatic heterocycles. The lowest BCUT2D eigenvalue weighted by Gasteiger charge is -2.37. The summed E-state index contributed by atoms with van der Waals surface area (Å²) in [5, 5.41) is 0. The van der Waals surface area contributed by atoms with Crippen LogP contribution in [0.2, 0.25) is 0 Å². The van der Waals surface area contributed by atoms with Crippen molar-refractivity contribution in [1.82, 2.24) is 14.7 Å². The van der Waals surface area contributed by atoms with E-state index in [1.807, 2.05) is 60.0 Å². The summed E-state index contributed by atoms with van der Waals surface area (Å²) in [6.45, 7) is 5.98. The summed E-state index contributed by atoms with van der Waals surface area (Å²) in [5.74, 6) is 0.388. The second kappa shape index (κ2) is 8.85. The summed E-state index contributed by atoms with van der Waals surface area (Å²) in [6.07, 6.45) is 1.49. The summed E-state index contributed by atoms with van der Waals surface area (Å²) in [4.78, 5) is 31.7. The fourth-order valence-electron chi connectivity index (χ4n) is 3.97. The zero-order valence-electron chi connectivity index (χ0n) is 16.7. The first-order chi connectivity index (χ1) is 13.0. The molecule has 0 bridgehead atoms. The Bertz CT molecular complexity index is 645. The molecule has 1 atom stereocenters. The Morgan fingerprint density at radius 2 is 1.59 bits per heavy atom. The molecule has 6 nitrogen and oxygen atoms in total. The lowest BCUT2D eigenvalue weighted by Crippen LogP contribution is -2.49. The van der Waals surface area contributed by atoms with E-state index in [-0.39, 0.29) is 23.8 Å². The molecule has 3 rings (SSSR count). The van der Waals surface area contributed by atoms with Gasteiger partial charge in [-0.1, -0.05) is 29.8 Å². The molecule has 0 saturated carbocycles. The van der Waals surface area contributed by atoms with Crippen molar-refractivity contribution in [3.05, 3.63) is 35.4 Å². The Morgan fingerprint density at radius 3 is 2.15 bits per heavy atom. The van der Waals surface area contributed by atoms with Crippen LogP contribution in [0, 0.1) is 12.8 Å². The molecule has 0 aromatic heterocycles. The topological polar surface area (TPSA) is 53.1 Å². The van der Waals surface area contributed by atoms with Gasteiger partial charge in [0.25, 0.3) is 0 Å². The van der Waals surface area contributed by atoms with E-state index in [0.717, 1.165) is 18.4 Å². The first-order valence-electron chi connectivity index (χ1n) is 9.85. The van der Waals surface area contributed by atoms with Crippen LogP contribution < -0.4 is 0 Å². The van der Waals surface area contributed by atoms with Crippen LogP contribution in [-0.2, 0) is 14.3 Å². The highest BCUT2D eigenvalue weighted by molar-refractivity contribution is 5.84. The number of likely N-dealkylation sites (N-methyl/N-ethyl adjacent to an activating group) is 1. The van der Waals surface area contributed by atoms with Gasteiger partial charge in [-0.25, -0.2) is 0 Å². The molecule has 1 aromatic rings. The molecule has 2 saturated heterocycles. The zero-order valence-corrected chi connectivity index (χ0v) is 16.7. The molecule has 0 unspecified atom stereocenters. The number of morpholine rings is 1. The summed E-state index contributed by atoms with van der Waals surface area (Å²) in [7, 11) is 3.88. The predicted molar refractivity (Wildman–Crippen MR) is 104 cm³/mol. The second-order valence-electron chi connectivity index (χ2n) is 7.81. The van der Waals surface area contributed by atoms with Crippen LogP contribution in [-0.4, -0.2) is 80.0 Å². The average Bonchev–Trinajstić information content (AvgIpc) is 2.69. The van der Waals surface area contributed by atoms with Gasteiger partial charge in [-0.15, -0.1) is 0 Å². The van der Waals surface area contributed by atoms with Crippen molar-refractivity contribution >= 4 is 11.8 Å². The number of carbonyl (C=O) groups is 2. The first kappa shape index (κ1) is 19.8. The Hall–Kier alpha value is -1.92. The number of carbonyl (C=O) groups excluding carboxylic acids is 2. The highest BCUT2D eigenvalue weighted by atomic mass is 16.5. The summed E-state index contributed by atoms with van der Waals surface area (Å²) >= 11 is 0.